The Balaban J connectivity index is 2.46. The number of likely N-dealkylation sites (tertiary alicyclic amines) is 1. The van der Waals surface area contributed by atoms with E-state index >= 15 is 0 Å². The zero-order valence-electron chi connectivity index (χ0n) is 7.19. The lowest BCUT2D eigenvalue weighted by atomic mass is 10.0. The molecule has 0 bridgehead atoms. The summed E-state index contributed by atoms with van der Waals surface area (Å²) in [6.45, 7) is 10.1. The predicted octanol–water partition coefficient (Wildman–Crippen LogP) is 1.80. The van der Waals surface area contributed by atoms with Crippen LogP contribution >= 0.6 is 0 Å². The summed E-state index contributed by atoms with van der Waals surface area (Å²) in [6, 6.07) is 0. The molecule has 0 atom stereocenters. The Labute approximate surface area is 63.9 Å². The second kappa shape index (κ2) is 2.75. The molecule has 0 aromatic heterocycles. The van der Waals surface area contributed by atoms with E-state index in [0.29, 0.717) is 0 Å². The van der Waals surface area contributed by atoms with Gasteiger partial charge in [-0.15, -0.1) is 0 Å². The Morgan fingerprint density at radius 2 is 1.90 bits per heavy atom. The maximum Gasteiger partial charge on any atom is 0.0822 e. The standard InChI is InChI=1S/C9H18N/c1-4-10(3)7-5-9(2)6-8-10/h2,4-8H2,1,3H3/q+1. The number of piperidine rings is 1. The quantitative estimate of drug-likeness (QED) is 0.385. The van der Waals surface area contributed by atoms with Crippen LogP contribution in [0.15, 0.2) is 12.2 Å². The van der Waals surface area contributed by atoms with Gasteiger partial charge in [0.15, 0.2) is 0 Å². The maximum atomic E-state index is 4.00. The summed E-state index contributed by atoms with van der Waals surface area (Å²) in [7, 11) is 2.34. The average Bonchev–Trinajstić information content (AvgIpc) is 1.96. The summed E-state index contributed by atoms with van der Waals surface area (Å²) < 4.78 is 1.25. The molecule has 58 valence electrons. The van der Waals surface area contributed by atoms with Crippen molar-refractivity contribution < 1.29 is 4.48 Å². The van der Waals surface area contributed by atoms with Crippen LogP contribution < -0.4 is 0 Å². The molecule has 1 aliphatic rings. The van der Waals surface area contributed by atoms with Gasteiger partial charge in [0.2, 0.25) is 0 Å². The molecule has 0 aliphatic carbocycles. The fraction of sp³-hybridized carbons (Fsp3) is 0.778. The van der Waals surface area contributed by atoms with E-state index in [4.69, 9.17) is 0 Å². The van der Waals surface area contributed by atoms with Crippen LogP contribution in [-0.4, -0.2) is 31.2 Å². The molecule has 1 aliphatic heterocycles. The molecule has 1 heteroatoms. The first-order valence-electron chi connectivity index (χ1n) is 4.16. The van der Waals surface area contributed by atoms with Crippen LogP contribution in [0.2, 0.25) is 0 Å². The van der Waals surface area contributed by atoms with Gasteiger partial charge in [-0.3, -0.25) is 0 Å². The molecule has 0 N–H and O–H groups in total. The molecule has 1 fully saturated rings. The molecule has 1 saturated heterocycles. The first kappa shape index (κ1) is 7.80. The lowest BCUT2D eigenvalue weighted by molar-refractivity contribution is -0.910. The Hall–Kier alpha value is -0.300. The van der Waals surface area contributed by atoms with Crippen molar-refractivity contribution in [2.24, 2.45) is 0 Å². The molecule has 0 saturated carbocycles. The normalized spacial score (nSPS) is 24.8. The van der Waals surface area contributed by atoms with E-state index in [-0.39, 0.29) is 0 Å². The van der Waals surface area contributed by atoms with E-state index < -0.39 is 0 Å². The molecule has 0 radical (unpaired) electrons. The number of nitrogens with zero attached hydrogens (tertiary/aromatic N) is 1. The van der Waals surface area contributed by atoms with Crippen LogP contribution in [0.5, 0.6) is 0 Å². The van der Waals surface area contributed by atoms with Crippen molar-refractivity contribution in [3.63, 3.8) is 0 Å². The third-order valence-corrected chi connectivity index (χ3v) is 2.77. The Kier molecular flexibility index (Phi) is 2.14. The van der Waals surface area contributed by atoms with Gasteiger partial charge in [0.1, 0.15) is 0 Å². The van der Waals surface area contributed by atoms with Crippen molar-refractivity contribution in [1.82, 2.24) is 0 Å². The second-order valence-electron chi connectivity index (χ2n) is 3.63. The molecular weight excluding hydrogens is 122 g/mol. The minimum Gasteiger partial charge on any atom is -0.326 e. The van der Waals surface area contributed by atoms with E-state index in [1.807, 2.05) is 0 Å². The fourth-order valence-electron chi connectivity index (χ4n) is 1.41. The predicted molar refractivity (Wildman–Crippen MR) is 44.8 cm³/mol. The molecule has 0 unspecified atom stereocenters. The summed E-state index contributed by atoms with van der Waals surface area (Å²) in [6.07, 6.45) is 2.48. The molecular formula is C9H18N+. The largest absolute Gasteiger partial charge is 0.326 e. The van der Waals surface area contributed by atoms with Gasteiger partial charge in [-0.05, 0) is 6.92 Å². The Morgan fingerprint density at radius 3 is 2.30 bits per heavy atom. The highest BCUT2D eigenvalue weighted by molar-refractivity contribution is 4.95. The monoisotopic (exact) mass is 140 g/mol. The van der Waals surface area contributed by atoms with Gasteiger partial charge in [0, 0.05) is 12.8 Å². The first-order chi connectivity index (χ1) is 4.66. The van der Waals surface area contributed by atoms with Crippen LogP contribution in [0.4, 0.5) is 0 Å². The lowest BCUT2D eigenvalue weighted by Gasteiger charge is -2.37. The van der Waals surface area contributed by atoms with Crippen LogP contribution in [0.1, 0.15) is 19.8 Å². The van der Waals surface area contributed by atoms with Crippen molar-refractivity contribution in [2.45, 2.75) is 19.8 Å². The summed E-state index contributed by atoms with van der Waals surface area (Å²) in [5, 5.41) is 0. The van der Waals surface area contributed by atoms with Crippen LogP contribution in [0.3, 0.4) is 0 Å². The van der Waals surface area contributed by atoms with Gasteiger partial charge < -0.3 is 4.48 Å². The van der Waals surface area contributed by atoms with Crippen molar-refractivity contribution >= 4 is 0 Å². The number of hydrogen-bond acceptors (Lipinski definition) is 0. The fourth-order valence-corrected chi connectivity index (χ4v) is 1.41. The maximum absolute atomic E-state index is 4.00. The van der Waals surface area contributed by atoms with Gasteiger partial charge in [-0.25, -0.2) is 0 Å². The summed E-state index contributed by atoms with van der Waals surface area (Å²) in [5.41, 5.74) is 1.45. The van der Waals surface area contributed by atoms with Crippen LogP contribution in [0, 0.1) is 0 Å². The lowest BCUT2D eigenvalue weighted by Crippen LogP contribution is -2.47. The molecule has 0 aromatic rings. The van der Waals surface area contributed by atoms with Crippen LogP contribution in [-0.2, 0) is 0 Å². The molecule has 1 rings (SSSR count). The molecule has 0 amide bonds. The zero-order chi connectivity index (χ0) is 7.61. The highest BCUT2D eigenvalue weighted by Gasteiger charge is 2.23. The summed E-state index contributed by atoms with van der Waals surface area (Å²) >= 11 is 0. The van der Waals surface area contributed by atoms with Crippen molar-refractivity contribution in [2.75, 3.05) is 26.7 Å². The minimum atomic E-state index is 1.24. The third-order valence-electron chi connectivity index (χ3n) is 2.77. The molecule has 1 nitrogen and oxygen atoms in total. The van der Waals surface area contributed by atoms with Crippen molar-refractivity contribution in [3.8, 4) is 0 Å². The van der Waals surface area contributed by atoms with E-state index in [9.17, 15) is 0 Å². The highest BCUT2D eigenvalue weighted by atomic mass is 15.3. The second-order valence-corrected chi connectivity index (χ2v) is 3.63. The van der Waals surface area contributed by atoms with Crippen molar-refractivity contribution in [1.29, 1.82) is 0 Å². The number of quaternary nitrogens is 1. The van der Waals surface area contributed by atoms with Gasteiger partial charge in [-0.1, -0.05) is 12.2 Å². The van der Waals surface area contributed by atoms with E-state index in [0.717, 1.165) is 0 Å². The van der Waals surface area contributed by atoms with Crippen LogP contribution in [0.25, 0.3) is 0 Å². The molecule has 0 spiro atoms. The van der Waals surface area contributed by atoms with E-state index in [2.05, 4.69) is 20.6 Å². The number of hydrogen-bond donors (Lipinski definition) is 0. The SMILES string of the molecule is C=C1CC[N+](C)(CC)CC1. The third kappa shape index (κ3) is 1.60. The highest BCUT2D eigenvalue weighted by Crippen LogP contribution is 2.18. The molecule has 0 aromatic carbocycles. The average molecular weight is 140 g/mol. The molecule has 10 heavy (non-hydrogen) atoms. The van der Waals surface area contributed by atoms with E-state index in [1.165, 1.54) is 42.5 Å². The zero-order valence-corrected chi connectivity index (χ0v) is 7.19. The van der Waals surface area contributed by atoms with Gasteiger partial charge >= 0.3 is 0 Å². The Bertz CT molecular complexity index is 128. The minimum absolute atomic E-state index is 1.24. The topological polar surface area (TPSA) is 0 Å². The summed E-state index contributed by atoms with van der Waals surface area (Å²) in [5.74, 6) is 0. The summed E-state index contributed by atoms with van der Waals surface area (Å²) in [4.78, 5) is 0. The molecule has 1 heterocycles. The van der Waals surface area contributed by atoms with Gasteiger partial charge in [-0.2, -0.15) is 0 Å². The van der Waals surface area contributed by atoms with Gasteiger partial charge in [0.25, 0.3) is 0 Å². The smallest absolute Gasteiger partial charge is 0.0822 e. The van der Waals surface area contributed by atoms with Crippen molar-refractivity contribution in [3.05, 3.63) is 12.2 Å². The number of rotatable bonds is 1. The van der Waals surface area contributed by atoms with E-state index in [1.54, 1.807) is 0 Å². The van der Waals surface area contributed by atoms with Gasteiger partial charge in [0.05, 0.1) is 26.7 Å². The first-order valence-corrected chi connectivity index (χ1v) is 4.16. The Morgan fingerprint density at radius 1 is 1.40 bits per heavy atom.